The Balaban J connectivity index is 1.74. The Labute approximate surface area is 192 Å². The first-order chi connectivity index (χ1) is 15.4. The molecule has 1 aliphatic heterocycles. The molecule has 0 amide bonds. The van der Waals surface area contributed by atoms with Gasteiger partial charge in [0.15, 0.2) is 0 Å². The predicted octanol–water partition coefficient (Wildman–Crippen LogP) is 4.59. The monoisotopic (exact) mass is 455 g/mol. The minimum absolute atomic E-state index is 0.0290. The maximum atomic E-state index is 14.3. The highest BCUT2D eigenvalue weighted by molar-refractivity contribution is 6.31. The van der Waals surface area contributed by atoms with Gasteiger partial charge in [-0.1, -0.05) is 41.9 Å². The summed E-state index contributed by atoms with van der Waals surface area (Å²) in [6.07, 6.45) is 0. The molecule has 1 saturated heterocycles. The van der Waals surface area contributed by atoms with Gasteiger partial charge in [0.1, 0.15) is 11.6 Å². The van der Waals surface area contributed by atoms with Crippen molar-refractivity contribution in [2.45, 2.75) is 26.4 Å². The maximum Gasteiger partial charge on any atom is 0.259 e. The van der Waals surface area contributed by atoms with E-state index in [9.17, 15) is 14.3 Å². The zero-order valence-electron chi connectivity index (χ0n) is 18.3. The van der Waals surface area contributed by atoms with E-state index in [-0.39, 0.29) is 17.1 Å². The van der Waals surface area contributed by atoms with Crippen molar-refractivity contribution in [3.05, 3.63) is 92.6 Å². The zero-order chi connectivity index (χ0) is 22.8. The molecule has 0 bridgehead atoms. The van der Waals surface area contributed by atoms with E-state index in [0.29, 0.717) is 54.7 Å². The number of aryl methyl sites for hydroxylation is 1. The number of aromatic hydroxyl groups is 1. The second kappa shape index (κ2) is 9.35. The second-order valence-electron chi connectivity index (χ2n) is 8.03. The molecule has 2 heterocycles. The average Bonchev–Trinajstić information content (AvgIpc) is 2.78. The first kappa shape index (κ1) is 22.4. The molecule has 168 valence electrons. The quantitative estimate of drug-likeness (QED) is 0.611. The van der Waals surface area contributed by atoms with E-state index in [2.05, 4.69) is 4.90 Å². The number of pyridine rings is 1. The van der Waals surface area contributed by atoms with Crippen LogP contribution in [-0.2, 0) is 6.54 Å². The smallest absolute Gasteiger partial charge is 0.259 e. The minimum atomic E-state index is -0.502. The van der Waals surface area contributed by atoms with Gasteiger partial charge in [0, 0.05) is 43.4 Å². The fourth-order valence-electron chi connectivity index (χ4n) is 4.58. The van der Waals surface area contributed by atoms with Gasteiger partial charge in [-0.05, 0) is 43.7 Å². The van der Waals surface area contributed by atoms with E-state index in [4.69, 9.17) is 11.6 Å². The van der Waals surface area contributed by atoms with Crippen LogP contribution in [0.1, 0.15) is 29.8 Å². The van der Waals surface area contributed by atoms with Crippen LogP contribution in [0.2, 0.25) is 5.02 Å². The molecule has 0 aliphatic carbocycles. The molecule has 5 nitrogen and oxygen atoms in total. The molecule has 1 aromatic heterocycles. The first-order valence-corrected chi connectivity index (χ1v) is 11.2. The highest BCUT2D eigenvalue weighted by atomic mass is 35.5. The number of para-hydroxylation sites is 1. The summed E-state index contributed by atoms with van der Waals surface area (Å²) in [6, 6.07) is 15.3. The summed E-state index contributed by atoms with van der Waals surface area (Å²) >= 11 is 6.57. The van der Waals surface area contributed by atoms with Crippen molar-refractivity contribution in [2.75, 3.05) is 31.1 Å². The van der Waals surface area contributed by atoms with Crippen LogP contribution in [0.3, 0.4) is 0 Å². The second-order valence-corrected chi connectivity index (χ2v) is 8.44. The third-order valence-corrected chi connectivity index (χ3v) is 6.53. The number of halogens is 2. The van der Waals surface area contributed by atoms with Crippen molar-refractivity contribution in [2.24, 2.45) is 0 Å². The van der Waals surface area contributed by atoms with Crippen molar-refractivity contribution in [1.29, 1.82) is 0 Å². The minimum Gasteiger partial charge on any atom is -0.507 e. The van der Waals surface area contributed by atoms with Crippen molar-refractivity contribution in [3.8, 4) is 5.75 Å². The fourth-order valence-corrected chi connectivity index (χ4v) is 4.82. The van der Waals surface area contributed by atoms with Gasteiger partial charge in [0.05, 0.1) is 17.3 Å². The van der Waals surface area contributed by atoms with Crippen molar-refractivity contribution >= 4 is 17.3 Å². The van der Waals surface area contributed by atoms with E-state index in [0.717, 1.165) is 5.56 Å². The number of piperazine rings is 1. The number of hydrogen-bond acceptors (Lipinski definition) is 4. The summed E-state index contributed by atoms with van der Waals surface area (Å²) in [5.74, 6) is -0.274. The van der Waals surface area contributed by atoms with Gasteiger partial charge in [-0.15, -0.1) is 0 Å². The maximum absolute atomic E-state index is 14.3. The summed E-state index contributed by atoms with van der Waals surface area (Å²) in [5.41, 5.74) is 2.16. The van der Waals surface area contributed by atoms with Gasteiger partial charge in [0.2, 0.25) is 0 Å². The Kier molecular flexibility index (Phi) is 6.53. The molecular weight excluding hydrogens is 429 g/mol. The van der Waals surface area contributed by atoms with Crippen LogP contribution in [0.5, 0.6) is 5.75 Å². The van der Waals surface area contributed by atoms with Crippen molar-refractivity contribution in [3.63, 3.8) is 0 Å². The fraction of sp³-hybridized carbons (Fsp3) is 0.320. The van der Waals surface area contributed by atoms with Crippen LogP contribution in [0, 0.1) is 12.7 Å². The third-order valence-electron chi connectivity index (χ3n) is 6.18. The van der Waals surface area contributed by atoms with Gasteiger partial charge in [0.25, 0.3) is 5.56 Å². The number of benzene rings is 2. The Bertz CT molecular complexity index is 1170. The van der Waals surface area contributed by atoms with Crippen LogP contribution in [0.15, 0.2) is 59.4 Å². The molecule has 1 aliphatic rings. The van der Waals surface area contributed by atoms with E-state index in [1.165, 1.54) is 6.07 Å². The largest absolute Gasteiger partial charge is 0.507 e. The predicted molar refractivity (Wildman–Crippen MR) is 126 cm³/mol. The van der Waals surface area contributed by atoms with Crippen LogP contribution < -0.4 is 10.5 Å². The van der Waals surface area contributed by atoms with E-state index < -0.39 is 6.04 Å². The van der Waals surface area contributed by atoms with Crippen LogP contribution in [0.25, 0.3) is 0 Å². The number of nitrogens with zero attached hydrogens (tertiary/aromatic N) is 3. The van der Waals surface area contributed by atoms with Crippen LogP contribution in [-0.4, -0.2) is 40.8 Å². The molecule has 0 spiro atoms. The average molecular weight is 456 g/mol. The molecule has 7 heteroatoms. The molecule has 2 aromatic carbocycles. The number of rotatable bonds is 5. The highest BCUT2D eigenvalue weighted by Crippen LogP contribution is 2.37. The zero-order valence-corrected chi connectivity index (χ0v) is 19.0. The van der Waals surface area contributed by atoms with E-state index >= 15 is 0 Å². The van der Waals surface area contributed by atoms with Crippen molar-refractivity contribution in [1.82, 2.24) is 9.47 Å². The Morgan fingerprint density at radius 3 is 2.38 bits per heavy atom. The van der Waals surface area contributed by atoms with Gasteiger partial charge < -0.3 is 14.6 Å². The Morgan fingerprint density at radius 2 is 1.72 bits per heavy atom. The third kappa shape index (κ3) is 4.12. The Hall–Kier alpha value is -2.83. The molecule has 0 unspecified atom stereocenters. The lowest BCUT2D eigenvalue weighted by molar-refractivity contribution is 0.207. The molecule has 1 atom stereocenters. The number of anilines is 1. The SMILES string of the molecule is CCn1c(C)cc(O)c([C@H](c2ccccc2Cl)N2CCN(c3ccccc3F)CC2)c1=O. The normalized spacial score (nSPS) is 15.7. The van der Waals surface area contributed by atoms with Gasteiger partial charge >= 0.3 is 0 Å². The van der Waals surface area contributed by atoms with E-state index in [1.54, 1.807) is 28.8 Å². The van der Waals surface area contributed by atoms with Gasteiger partial charge in [-0.3, -0.25) is 9.69 Å². The Morgan fingerprint density at radius 1 is 1.06 bits per heavy atom. The lowest BCUT2D eigenvalue weighted by atomic mass is 9.95. The van der Waals surface area contributed by atoms with Gasteiger partial charge in [-0.25, -0.2) is 4.39 Å². The summed E-state index contributed by atoms with van der Waals surface area (Å²) in [7, 11) is 0. The molecule has 32 heavy (non-hydrogen) atoms. The van der Waals surface area contributed by atoms with E-state index in [1.807, 2.05) is 43.0 Å². The number of hydrogen-bond donors (Lipinski definition) is 1. The molecule has 3 aromatic rings. The van der Waals surface area contributed by atoms with Crippen molar-refractivity contribution < 1.29 is 9.50 Å². The number of aromatic nitrogens is 1. The van der Waals surface area contributed by atoms with Gasteiger partial charge in [-0.2, -0.15) is 0 Å². The summed E-state index contributed by atoms with van der Waals surface area (Å²) in [4.78, 5) is 17.6. The molecule has 1 fully saturated rings. The standard InChI is InChI=1S/C25H27ClFN3O2/c1-3-30-17(2)16-22(31)23(25(30)32)24(18-8-4-5-9-19(18)26)29-14-12-28(13-15-29)21-11-7-6-10-20(21)27/h4-11,16,24,31H,3,12-15H2,1-2H3/t24-/m0/s1. The molecular formula is C25H27ClFN3O2. The summed E-state index contributed by atoms with van der Waals surface area (Å²) < 4.78 is 16.0. The summed E-state index contributed by atoms with van der Waals surface area (Å²) in [6.45, 7) is 6.59. The topological polar surface area (TPSA) is 48.7 Å². The lowest BCUT2D eigenvalue weighted by Gasteiger charge is -2.40. The first-order valence-electron chi connectivity index (χ1n) is 10.8. The molecule has 4 rings (SSSR count). The van der Waals surface area contributed by atoms with Crippen LogP contribution >= 0.6 is 11.6 Å². The molecule has 0 saturated carbocycles. The highest BCUT2D eigenvalue weighted by Gasteiger charge is 2.32. The molecule has 1 N–H and O–H groups in total. The van der Waals surface area contributed by atoms with Crippen LogP contribution in [0.4, 0.5) is 10.1 Å². The molecule has 0 radical (unpaired) electrons. The lowest BCUT2D eigenvalue weighted by Crippen LogP contribution is -2.49. The summed E-state index contributed by atoms with van der Waals surface area (Å²) in [5, 5.41) is 11.4.